The minimum Gasteiger partial charge on any atom is -0.232 e. The van der Waals surface area contributed by atoms with Crippen LogP contribution in [0.15, 0.2) is 0 Å². The summed E-state index contributed by atoms with van der Waals surface area (Å²) in [5.41, 5.74) is 0. The van der Waals surface area contributed by atoms with Gasteiger partial charge in [0.25, 0.3) is 0 Å². The summed E-state index contributed by atoms with van der Waals surface area (Å²) in [4.78, 5) is 0. The largest absolute Gasteiger partial charge is 0.232 e. The molecule has 2 heteroatoms. The van der Waals surface area contributed by atoms with Gasteiger partial charge in [0.15, 0.2) is 0 Å². The predicted octanol–water partition coefficient (Wildman–Crippen LogP) is 3.38. The van der Waals surface area contributed by atoms with Crippen molar-refractivity contribution in [2.75, 3.05) is 0 Å². The van der Waals surface area contributed by atoms with Gasteiger partial charge < -0.3 is 0 Å². The molecule has 0 amide bonds. The van der Waals surface area contributed by atoms with Crippen molar-refractivity contribution in [2.45, 2.75) is 57.4 Å². The molecule has 0 spiro atoms. The van der Waals surface area contributed by atoms with Crippen LogP contribution in [0.2, 0.25) is 0 Å². The van der Waals surface area contributed by atoms with Crippen LogP contribution in [-0.4, -0.2) is 11.5 Å². The van der Waals surface area contributed by atoms with E-state index in [4.69, 9.17) is 11.6 Å². The standard InChI is InChI=1S/C9H18ClO/c1-3-4-5-6-7-9(11)8(2)10/h8-9H,3-7H2,1-2H3. The molecule has 0 aliphatic heterocycles. The summed E-state index contributed by atoms with van der Waals surface area (Å²) in [5.74, 6) is 0. The summed E-state index contributed by atoms with van der Waals surface area (Å²) in [5, 5.41) is 10.8. The Bertz CT molecular complexity index is 83.6. The molecule has 11 heavy (non-hydrogen) atoms. The summed E-state index contributed by atoms with van der Waals surface area (Å²) in [6.07, 6.45) is 4.86. The fraction of sp³-hybridized carbons (Fsp3) is 1.00. The molecular weight excluding hydrogens is 160 g/mol. The number of unbranched alkanes of at least 4 members (excludes halogenated alkanes) is 3. The second kappa shape index (κ2) is 6.93. The zero-order valence-corrected chi connectivity index (χ0v) is 8.23. The average Bonchev–Trinajstić information content (AvgIpc) is 1.97. The van der Waals surface area contributed by atoms with Crippen LogP contribution in [0, 0.1) is 0 Å². The van der Waals surface area contributed by atoms with Crippen LogP contribution in [-0.2, 0) is 5.11 Å². The Morgan fingerprint density at radius 1 is 1.27 bits per heavy atom. The molecule has 67 valence electrons. The minimum absolute atomic E-state index is 0.211. The number of halogens is 1. The summed E-state index contributed by atoms with van der Waals surface area (Å²) < 4.78 is 0. The van der Waals surface area contributed by atoms with Gasteiger partial charge in [-0.3, -0.25) is 0 Å². The minimum atomic E-state index is -0.562. The van der Waals surface area contributed by atoms with Crippen molar-refractivity contribution in [1.82, 2.24) is 0 Å². The van der Waals surface area contributed by atoms with E-state index < -0.39 is 6.10 Å². The maximum absolute atomic E-state index is 11.1. The third-order valence-electron chi connectivity index (χ3n) is 1.85. The fourth-order valence-corrected chi connectivity index (χ4v) is 1.13. The second-order valence-electron chi connectivity index (χ2n) is 3.07. The van der Waals surface area contributed by atoms with Crippen molar-refractivity contribution in [2.24, 2.45) is 0 Å². The van der Waals surface area contributed by atoms with Crippen molar-refractivity contribution < 1.29 is 5.11 Å². The first-order valence-corrected chi connectivity index (χ1v) is 4.92. The molecule has 0 saturated heterocycles. The van der Waals surface area contributed by atoms with Gasteiger partial charge >= 0.3 is 0 Å². The molecule has 0 heterocycles. The molecule has 1 radical (unpaired) electrons. The first-order chi connectivity index (χ1) is 5.18. The predicted molar refractivity (Wildman–Crippen MR) is 48.5 cm³/mol. The first kappa shape index (κ1) is 11.2. The fourth-order valence-electron chi connectivity index (χ4n) is 1.00. The van der Waals surface area contributed by atoms with Gasteiger partial charge in [-0.2, -0.15) is 0 Å². The zero-order valence-electron chi connectivity index (χ0n) is 7.48. The van der Waals surface area contributed by atoms with Gasteiger partial charge in [0, 0.05) is 0 Å². The van der Waals surface area contributed by atoms with E-state index >= 15 is 0 Å². The van der Waals surface area contributed by atoms with Crippen molar-refractivity contribution in [3.8, 4) is 0 Å². The highest BCUT2D eigenvalue weighted by atomic mass is 35.5. The number of hydrogen-bond donors (Lipinski definition) is 0. The van der Waals surface area contributed by atoms with E-state index in [-0.39, 0.29) is 5.38 Å². The highest BCUT2D eigenvalue weighted by Crippen LogP contribution is 2.11. The van der Waals surface area contributed by atoms with Crippen LogP contribution in [0.25, 0.3) is 0 Å². The number of hydrogen-bond acceptors (Lipinski definition) is 0. The van der Waals surface area contributed by atoms with E-state index in [0.29, 0.717) is 0 Å². The molecule has 0 rings (SSSR count). The third kappa shape index (κ3) is 6.64. The number of rotatable bonds is 6. The Hall–Kier alpha value is 0.250. The smallest absolute Gasteiger partial charge is 0.109 e. The van der Waals surface area contributed by atoms with Crippen molar-refractivity contribution in [3.05, 3.63) is 0 Å². The molecule has 2 unspecified atom stereocenters. The maximum atomic E-state index is 11.1. The average molecular weight is 178 g/mol. The van der Waals surface area contributed by atoms with Crippen LogP contribution in [0.1, 0.15) is 46.0 Å². The van der Waals surface area contributed by atoms with Gasteiger partial charge in [-0.15, -0.1) is 11.6 Å². The maximum Gasteiger partial charge on any atom is 0.109 e. The topological polar surface area (TPSA) is 19.9 Å². The first-order valence-electron chi connectivity index (χ1n) is 4.48. The Morgan fingerprint density at radius 2 is 1.91 bits per heavy atom. The monoisotopic (exact) mass is 177 g/mol. The molecule has 2 atom stereocenters. The Labute approximate surface area is 74.8 Å². The lowest BCUT2D eigenvalue weighted by Gasteiger charge is -2.08. The van der Waals surface area contributed by atoms with Crippen LogP contribution >= 0.6 is 11.6 Å². The van der Waals surface area contributed by atoms with E-state index in [1.54, 1.807) is 6.92 Å². The summed E-state index contributed by atoms with van der Waals surface area (Å²) in [6, 6.07) is 0. The number of alkyl halides is 1. The van der Waals surface area contributed by atoms with E-state index in [1.807, 2.05) is 0 Å². The van der Waals surface area contributed by atoms with Crippen LogP contribution < -0.4 is 0 Å². The molecule has 0 aromatic rings. The molecule has 0 aliphatic rings. The summed E-state index contributed by atoms with van der Waals surface area (Å²) in [6.45, 7) is 3.94. The SMILES string of the molecule is CCCCCCC([O])C(C)Cl. The molecule has 0 aromatic heterocycles. The lowest BCUT2D eigenvalue weighted by atomic mass is 10.1. The molecule has 1 nitrogen and oxygen atoms in total. The van der Waals surface area contributed by atoms with Crippen LogP contribution in [0.5, 0.6) is 0 Å². The quantitative estimate of drug-likeness (QED) is 0.438. The van der Waals surface area contributed by atoms with E-state index in [9.17, 15) is 5.11 Å². The molecule has 0 aromatic carbocycles. The molecule has 0 N–H and O–H groups in total. The van der Waals surface area contributed by atoms with E-state index in [1.165, 1.54) is 19.3 Å². The van der Waals surface area contributed by atoms with Gasteiger partial charge in [0.1, 0.15) is 6.10 Å². The second-order valence-corrected chi connectivity index (χ2v) is 3.75. The molecule has 0 bridgehead atoms. The van der Waals surface area contributed by atoms with Gasteiger partial charge in [-0.05, 0) is 13.3 Å². The Morgan fingerprint density at radius 3 is 2.36 bits per heavy atom. The molecule has 0 saturated carbocycles. The lowest BCUT2D eigenvalue weighted by Crippen LogP contribution is -2.15. The highest BCUT2D eigenvalue weighted by Gasteiger charge is 2.11. The van der Waals surface area contributed by atoms with Crippen LogP contribution in [0.4, 0.5) is 0 Å². The zero-order chi connectivity index (χ0) is 8.69. The van der Waals surface area contributed by atoms with E-state index in [2.05, 4.69) is 6.92 Å². The van der Waals surface area contributed by atoms with Crippen molar-refractivity contribution >= 4 is 11.6 Å². The highest BCUT2D eigenvalue weighted by molar-refractivity contribution is 6.20. The third-order valence-corrected chi connectivity index (χ3v) is 2.14. The van der Waals surface area contributed by atoms with Gasteiger partial charge in [0.2, 0.25) is 0 Å². The summed E-state index contributed by atoms with van der Waals surface area (Å²) >= 11 is 5.63. The molecule has 0 aliphatic carbocycles. The Balaban J connectivity index is 3.10. The molecule has 0 fully saturated rings. The van der Waals surface area contributed by atoms with E-state index in [0.717, 1.165) is 12.8 Å². The van der Waals surface area contributed by atoms with Gasteiger partial charge in [-0.25, -0.2) is 5.11 Å². The van der Waals surface area contributed by atoms with Crippen LogP contribution in [0.3, 0.4) is 0 Å². The summed E-state index contributed by atoms with van der Waals surface area (Å²) in [7, 11) is 0. The van der Waals surface area contributed by atoms with Gasteiger partial charge in [-0.1, -0.05) is 32.6 Å². The van der Waals surface area contributed by atoms with Crippen molar-refractivity contribution in [1.29, 1.82) is 0 Å². The Kier molecular flexibility index (Phi) is 7.09. The van der Waals surface area contributed by atoms with Crippen molar-refractivity contribution in [3.63, 3.8) is 0 Å². The molecular formula is C9H18ClO. The lowest BCUT2D eigenvalue weighted by molar-refractivity contribution is 0.0785. The van der Waals surface area contributed by atoms with Gasteiger partial charge in [0.05, 0.1) is 5.38 Å². The normalized spacial score (nSPS) is 16.4.